The SMILES string of the molecule is CN(CCCCCO)C(=O)NC1C2CCC(C2)C1C(=O)O. The molecule has 2 rings (SSSR count). The molecule has 6 nitrogen and oxygen atoms in total. The van der Waals surface area contributed by atoms with Gasteiger partial charge in [-0.15, -0.1) is 0 Å². The number of urea groups is 1. The van der Waals surface area contributed by atoms with Crippen molar-refractivity contribution in [3.63, 3.8) is 0 Å². The molecule has 0 aromatic heterocycles. The summed E-state index contributed by atoms with van der Waals surface area (Å²) in [5, 5.41) is 21.0. The van der Waals surface area contributed by atoms with E-state index in [1.807, 2.05) is 0 Å². The van der Waals surface area contributed by atoms with Crippen LogP contribution in [0.2, 0.25) is 0 Å². The summed E-state index contributed by atoms with van der Waals surface area (Å²) < 4.78 is 0. The number of hydrogen-bond donors (Lipinski definition) is 3. The molecule has 0 radical (unpaired) electrons. The molecule has 0 heterocycles. The third-order valence-corrected chi connectivity index (χ3v) is 4.99. The molecular formula is C15H26N2O4. The highest BCUT2D eigenvalue weighted by Gasteiger charge is 2.51. The molecular weight excluding hydrogens is 272 g/mol. The van der Waals surface area contributed by atoms with Gasteiger partial charge in [0.1, 0.15) is 0 Å². The average molecular weight is 298 g/mol. The zero-order chi connectivity index (χ0) is 15.4. The van der Waals surface area contributed by atoms with Gasteiger partial charge in [-0.2, -0.15) is 0 Å². The van der Waals surface area contributed by atoms with Gasteiger partial charge in [0, 0.05) is 26.2 Å². The summed E-state index contributed by atoms with van der Waals surface area (Å²) in [6.45, 7) is 0.811. The number of nitrogens with one attached hydrogen (secondary N) is 1. The Bertz CT molecular complexity index is 388. The van der Waals surface area contributed by atoms with Gasteiger partial charge in [0.05, 0.1) is 5.92 Å². The van der Waals surface area contributed by atoms with Crippen LogP contribution in [0.3, 0.4) is 0 Å². The number of carbonyl (C=O) groups is 2. The number of hydrogen-bond acceptors (Lipinski definition) is 3. The van der Waals surface area contributed by atoms with E-state index in [2.05, 4.69) is 5.32 Å². The molecule has 6 heteroatoms. The van der Waals surface area contributed by atoms with Gasteiger partial charge < -0.3 is 20.4 Å². The van der Waals surface area contributed by atoms with Crippen molar-refractivity contribution in [1.82, 2.24) is 10.2 Å². The number of rotatable bonds is 7. The summed E-state index contributed by atoms with van der Waals surface area (Å²) in [7, 11) is 1.73. The molecule has 4 unspecified atom stereocenters. The first-order valence-electron chi connectivity index (χ1n) is 7.90. The van der Waals surface area contributed by atoms with Crippen molar-refractivity contribution in [3.05, 3.63) is 0 Å². The first-order valence-corrected chi connectivity index (χ1v) is 7.90. The Kier molecular flexibility index (Phi) is 5.45. The number of carboxylic acid groups (broad SMARTS) is 1. The summed E-state index contributed by atoms with van der Waals surface area (Å²) in [5.41, 5.74) is 0. The lowest BCUT2D eigenvalue weighted by molar-refractivity contribution is -0.144. The second kappa shape index (κ2) is 7.11. The van der Waals surface area contributed by atoms with Crippen molar-refractivity contribution in [1.29, 1.82) is 0 Å². The number of aliphatic hydroxyl groups excluding tert-OH is 1. The van der Waals surface area contributed by atoms with Gasteiger partial charge in [0.15, 0.2) is 0 Å². The van der Waals surface area contributed by atoms with Crippen LogP contribution in [0.1, 0.15) is 38.5 Å². The third-order valence-electron chi connectivity index (χ3n) is 4.99. The molecule has 2 amide bonds. The smallest absolute Gasteiger partial charge is 0.317 e. The van der Waals surface area contributed by atoms with E-state index in [0.29, 0.717) is 12.5 Å². The van der Waals surface area contributed by atoms with Crippen LogP contribution in [-0.4, -0.2) is 53.4 Å². The zero-order valence-electron chi connectivity index (χ0n) is 12.6. The monoisotopic (exact) mass is 298 g/mol. The van der Waals surface area contributed by atoms with Crippen LogP contribution >= 0.6 is 0 Å². The van der Waals surface area contributed by atoms with E-state index in [4.69, 9.17) is 5.11 Å². The van der Waals surface area contributed by atoms with Crippen LogP contribution < -0.4 is 5.32 Å². The molecule has 0 saturated heterocycles. The van der Waals surface area contributed by atoms with Crippen molar-refractivity contribution < 1.29 is 19.8 Å². The fourth-order valence-corrected chi connectivity index (χ4v) is 3.85. The van der Waals surface area contributed by atoms with E-state index in [1.54, 1.807) is 11.9 Å². The van der Waals surface area contributed by atoms with Crippen molar-refractivity contribution in [3.8, 4) is 0 Å². The minimum atomic E-state index is -0.780. The van der Waals surface area contributed by atoms with Crippen LogP contribution in [0.15, 0.2) is 0 Å². The molecule has 3 N–H and O–H groups in total. The molecule has 0 spiro atoms. The number of carboxylic acids is 1. The molecule has 2 bridgehead atoms. The van der Waals surface area contributed by atoms with Crippen LogP contribution in [0.25, 0.3) is 0 Å². The fraction of sp³-hybridized carbons (Fsp3) is 0.867. The van der Waals surface area contributed by atoms with Crippen molar-refractivity contribution in [2.45, 2.75) is 44.6 Å². The minimum absolute atomic E-state index is 0.178. The molecule has 120 valence electrons. The average Bonchev–Trinajstić information content (AvgIpc) is 3.04. The molecule has 0 aliphatic heterocycles. The highest BCUT2D eigenvalue weighted by atomic mass is 16.4. The predicted molar refractivity (Wildman–Crippen MR) is 77.8 cm³/mol. The molecule has 2 aliphatic rings. The summed E-state index contributed by atoms with van der Waals surface area (Å²) in [4.78, 5) is 25.2. The van der Waals surface area contributed by atoms with Gasteiger partial charge in [-0.1, -0.05) is 0 Å². The molecule has 0 aromatic rings. The van der Waals surface area contributed by atoms with Gasteiger partial charge in [0.25, 0.3) is 0 Å². The Morgan fingerprint density at radius 1 is 1.19 bits per heavy atom. The van der Waals surface area contributed by atoms with Crippen molar-refractivity contribution in [2.75, 3.05) is 20.2 Å². The number of amides is 2. The molecule has 4 atom stereocenters. The highest BCUT2D eigenvalue weighted by molar-refractivity contribution is 5.77. The molecule has 2 saturated carbocycles. The molecule has 21 heavy (non-hydrogen) atoms. The number of fused-ring (bicyclic) bond motifs is 2. The maximum Gasteiger partial charge on any atom is 0.317 e. The second-order valence-corrected chi connectivity index (χ2v) is 6.38. The maximum absolute atomic E-state index is 12.2. The summed E-state index contributed by atoms with van der Waals surface area (Å²) >= 11 is 0. The van der Waals surface area contributed by atoms with E-state index >= 15 is 0 Å². The standard InChI is InChI=1S/C15H26N2O4/c1-17(7-3-2-4-8-18)15(21)16-13-11-6-5-10(9-11)12(13)14(19)20/h10-13,18H,2-9H2,1H3,(H,16,21)(H,19,20). The lowest BCUT2D eigenvalue weighted by atomic mass is 9.84. The summed E-state index contributed by atoms with van der Waals surface area (Å²) in [5.74, 6) is -0.649. The Balaban J connectivity index is 1.82. The van der Waals surface area contributed by atoms with Crippen molar-refractivity contribution in [2.24, 2.45) is 17.8 Å². The number of nitrogens with zero attached hydrogens (tertiary/aromatic N) is 1. The first kappa shape index (κ1) is 16.1. The topological polar surface area (TPSA) is 89.9 Å². The lowest BCUT2D eigenvalue weighted by Gasteiger charge is -2.30. The maximum atomic E-state index is 12.2. The predicted octanol–water partition coefficient (Wildman–Crippen LogP) is 1.29. The van der Waals surface area contributed by atoms with Gasteiger partial charge in [-0.3, -0.25) is 4.79 Å². The summed E-state index contributed by atoms with van der Waals surface area (Å²) in [6, 6.07) is -0.392. The molecule has 0 aromatic carbocycles. The number of aliphatic carboxylic acids is 1. The minimum Gasteiger partial charge on any atom is -0.481 e. The first-order chi connectivity index (χ1) is 10.0. The van der Waals surface area contributed by atoms with Crippen LogP contribution in [0, 0.1) is 17.8 Å². The van der Waals surface area contributed by atoms with Gasteiger partial charge in [-0.25, -0.2) is 4.79 Å². The normalized spacial score (nSPS) is 30.4. The van der Waals surface area contributed by atoms with E-state index in [-0.39, 0.29) is 24.6 Å². The van der Waals surface area contributed by atoms with Crippen LogP contribution in [-0.2, 0) is 4.79 Å². The quantitative estimate of drug-likeness (QED) is 0.618. The second-order valence-electron chi connectivity index (χ2n) is 6.38. The van der Waals surface area contributed by atoms with E-state index in [0.717, 1.165) is 38.5 Å². The number of aliphatic hydroxyl groups is 1. The Morgan fingerprint density at radius 3 is 2.57 bits per heavy atom. The highest BCUT2D eigenvalue weighted by Crippen LogP contribution is 2.48. The lowest BCUT2D eigenvalue weighted by Crippen LogP contribution is -2.50. The Morgan fingerprint density at radius 2 is 1.90 bits per heavy atom. The number of carbonyl (C=O) groups excluding carboxylic acids is 1. The fourth-order valence-electron chi connectivity index (χ4n) is 3.85. The van der Waals surface area contributed by atoms with Gasteiger partial charge in [-0.05, 0) is 50.4 Å². The number of unbranched alkanes of at least 4 members (excludes halogenated alkanes) is 2. The zero-order valence-corrected chi connectivity index (χ0v) is 12.6. The van der Waals surface area contributed by atoms with Gasteiger partial charge in [0.2, 0.25) is 0 Å². The van der Waals surface area contributed by atoms with E-state index in [9.17, 15) is 14.7 Å². The van der Waals surface area contributed by atoms with Crippen LogP contribution in [0.5, 0.6) is 0 Å². The Hall–Kier alpha value is -1.30. The molecule has 2 aliphatic carbocycles. The third kappa shape index (κ3) is 3.67. The van der Waals surface area contributed by atoms with E-state index < -0.39 is 11.9 Å². The largest absolute Gasteiger partial charge is 0.481 e. The summed E-state index contributed by atoms with van der Waals surface area (Å²) in [6.07, 6.45) is 5.43. The molecule has 2 fully saturated rings. The van der Waals surface area contributed by atoms with E-state index in [1.165, 1.54) is 0 Å². The van der Waals surface area contributed by atoms with Crippen molar-refractivity contribution >= 4 is 12.0 Å². The van der Waals surface area contributed by atoms with Crippen LogP contribution in [0.4, 0.5) is 4.79 Å². The van der Waals surface area contributed by atoms with Gasteiger partial charge >= 0.3 is 12.0 Å². The Labute approximate surface area is 125 Å².